The van der Waals surface area contributed by atoms with Crippen molar-refractivity contribution in [3.05, 3.63) is 11.4 Å². The van der Waals surface area contributed by atoms with Crippen molar-refractivity contribution in [2.75, 3.05) is 0 Å². The molecule has 25 heteroatoms. The van der Waals surface area contributed by atoms with Crippen molar-refractivity contribution in [2.24, 2.45) is 0 Å². The highest BCUT2D eigenvalue weighted by atomic mass is 19.4. The summed E-state index contributed by atoms with van der Waals surface area (Å²) in [5, 5.41) is 7.94. The first-order valence-electron chi connectivity index (χ1n) is 7.77. The average Bonchev–Trinajstić information content (AvgIpc) is 2.64. The van der Waals surface area contributed by atoms with Crippen LogP contribution in [0.2, 0.25) is 0 Å². The van der Waals surface area contributed by atoms with Crippen LogP contribution in [0.25, 0.3) is 0 Å². The lowest BCUT2D eigenvalue weighted by atomic mass is 9.87. The molecule has 0 spiro atoms. The van der Waals surface area contributed by atoms with Gasteiger partial charge in [-0.25, -0.2) is 9.18 Å². The van der Waals surface area contributed by atoms with Gasteiger partial charge in [0.15, 0.2) is 11.4 Å². The summed E-state index contributed by atoms with van der Waals surface area (Å²) in [6, 6.07) is 0. The van der Waals surface area contributed by atoms with E-state index in [9.17, 15) is 106 Å². The van der Waals surface area contributed by atoms with E-state index in [1.54, 1.807) is 0 Å². The van der Waals surface area contributed by atoms with Crippen LogP contribution in [0.1, 0.15) is 0 Å². The van der Waals surface area contributed by atoms with Crippen LogP contribution in [0.5, 0.6) is 0 Å². The van der Waals surface area contributed by atoms with E-state index in [2.05, 4.69) is 0 Å². The van der Waals surface area contributed by atoms with Crippen LogP contribution in [0.3, 0.4) is 0 Å². The summed E-state index contributed by atoms with van der Waals surface area (Å²) in [7, 11) is 0. The average molecular weight is 626 g/mol. The molecule has 0 radical (unpaired) electrons. The summed E-state index contributed by atoms with van der Waals surface area (Å²) >= 11 is 0. The molecule has 0 aliphatic carbocycles. The Balaban J connectivity index is 7.36. The second-order valence-electron chi connectivity index (χ2n) is 6.58. The van der Waals surface area contributed by atoms with Gasteiger partial charge in [0.2, 0.25) is 0 Å². The van der Waals surface area contributed by atoms with Crippen LogP contribution >= 0.6 is 0 Å². The van der Waals surface area contributed by atoms with E-state index in [-0.39, 0.29) is 0 Å². The number of carboxylic acid groups (broad SMARTS) is 1. The normalized spacial score (nSPS) is 16.9. The van der Waals surface area contributed by atoms with Crippen molar-refractivity contribution in [2.45, 2.75) is 59.7 Å². The topological polar surface area (TPSA) is 37.3 Å². The predicted molar refractivity (Wildman–Crippen MR) is 67.5 cm³/mol. The zero-order valence-corrected chi connectivity index (χ0v) is 16.0. The van der Waals surface area contributed by atoms with Gasteiger partial charge < -0.3 is 5.11 Å². The van der Waals surface area contributed by atoms with E-state index in [1.165, 1.54) is 0 Å². The number of alkyl halides is 22. The van der Waals surface area contributed by atoms with Gasteiger partial charge >= 0.3 is 65.7 Å². The van der Waals surface area contributed by atoms with Gasteiger partial charge in [-0.1, -0.05) is 0 Å². The Hall–Kier alpha value is -2.40. The molecule has 0 rings (SSSR count). The van der Waals surface area contributed by atoms with Crippen molar-refractivity contribution in [1.82, 2.24) is 0 Å². The van der Waals surface area contributed by atoms with Crippen molar-refractivity contribution in [1.29, 1.82) is 0 Å². The number of carboxylic acids is 1. The van der Waals surface area contributed by atoms with Crippen LogP contribution in [0.4, 0.5) is 101 Å². The van der Waals surface area contributed by atoms with Crippen LogP contribution in [0, 0.1) is 0 Å². The van der Waals surface area contributed by atoms with Gasteiger partial charge in [-0.2, -0.15) is 96.6 Å². The highest BCUT2D eigenvalue weighted by Crippen LogP contribution is 2.65. The van der Waals surface area contributed by atoms with Crippen molar-refractivity contribution < 1.29 is 111 Å². The summed E-state index contributed by atoms with van der Waals surface area (Å²) in [6.45, 7) is 0. The lowest BCUT2D eigenvalue weighted by molar-refractivity contribution is -0.467. The molecule has 1 N–H and O–H groups in total. The second-order valence-corrected chi connectivity index (χ2v) is 6.58. The molecule has 0 saturated carbocycles. The molecular weight excluding hydrogens is 625 g/mol. The Kier molecular flexibility index (Phi) is 8.25. The van der Waals surface area contributed by atoms with Gasteiger partial charge in [0.25, 0.3) is 0 Å². The largest absolute Gasteiger partial charge is 0.478 e. The number of hydrogen-bond donors (Lipinski definition) is 1. The van der Waals surface area contributed by atoms with E-state index in [1.807, 2.05) is 0 Å². The van der Waals surface area contributed by atoms with Crippen molar-refractivity contribution >= 4 is 5.97 Å². The zero-order chi connectivity index (χ0) is 31.7. The Morgan fingerprint density at radius 1 is 0.421 bits per heavy atom. The molecule has 38 heavy (non-hydrogen) atoms. The lowest BCUT2D eigenvalue weighted by Crippen LogP contribution is -2.75. The first-order valence-corrected chi connectivity index (χ1v) is 7.77. The Bertz CT molecular complexity index is 947. The highest BCUT2D eigenvalue weighted by molar-refractivity contribution is 5.89. The first-order chi connectivity index (χ1) is 16.0. The molecule has 0 unspecified atom stereocenters. The number of hydrogen-bond acceptors (Lipinski definition) is 1. The summed E-state index contributed by atoms with van der Waals surface area (Å²) in [4.78, 5) is 10.2. The molecule has 0 aromatic carbocycles. The minimum atomic E-state index is -9.39. The predicted octanol–water partition coefficient (Wildman–Crippen LogP) is 7.50. The molecule has 0 saturated heterocycles. The van der Waals surface area contributed by atoms with Crippen LogP contribution < -0.4 is 0 Å². The monoisotopic (exact) mass is 626 g/mol. The fourth-order valence-corrected chi connectivity index (χ4v) is 2.00. The molecule has 0 amide bonds. The number of carbonyl (C=O) groups is 1. The quantitative estimate of drug-likeness (QED) is 0.213. The molecular formula is C13HF23O2. The molecule has 2 nitrogen and oxygen atoms in total. The van der Waals surface area contributed by atoms with Gasteiger partial charge in [0, 0.05) is 0 Å². The minimum Gasteiger partial charge on any atom is -0.478 e. The van der Waals surface area contributed by atoms with Crippen molar-refractivity contribution in [3.8, 4) is 0 Å². The van der Waals surface area contributed by atoms with Crippen LogP contribution in [-0.4, -0.2) is 70.8 Å². The SMILES string of the molecule is O=C(O)C(=C(F)C(F)(F)C(F)(F)C(F)(F)C(F)(F)C(F)(F)C(F)(F)C(F)(F)C(F)(F)C(F)(F)F)C(F)(F)F. The lowest BCUT2D eigenvalue weighted by Gasteiger charge is -2.43. The fraction of sp³-hybridized carbons (Fsp3) is 0.769. The zero-order valence-electron chi connectivity index (χ0n) is 16.0. The van der Waals surface area contributed by atoms with Crippen molar-refractivity contribution in [3.63, 3.8) is 0 Å². The van der Waals surface area contributed by atoms with Crippen LogP contribution in [-0.2, 0) is 4.79 Å². The summed E-state index contributed by atoms with van der Waals surface area (Å²) in [6.07, 6.45) is -15.2. The summed E-state index contributed by atoms with van der Waals surface area (Å²) < 4.78 is 298. The Morgan fingerprint density at radius 2 is 0.658 bits per heavy atom. The van der Waals surface area contributed by atoms with Gasteiger partial charge in [0.05, 0.1) is 0 Å². The standard InChI is InChI=1S/C13HF23O2/c14-2(1(3(37)38)5(17,18)19)4(15,16)6(20,21)7(22,23)8(24,25)9(26,27)10(28,29)11(30,31)12(32,33)13(34,35)36/h(H,37,38). The Labute approximate surface area is 189 Å². The maximum Gasteiger partial charge on any atom is 0.460 e. The summed E-state index contributed by atoms with van der Waals surface area (Å²) in [5.74, 6) is -81.7. The maximum atomic E-state index is 13.5. The molecule has 0 aromatic heterocycles. The number of rotatable bonds is 9. The van der Waals surface area contributed by atoms with E-state index >= 15 is 0 Å². The number of halogens is 23. The molecule has 0 heterocycles. The van der Waals surface area contributed by atoms with E-state index in [0.29, 0.717) is 0 Å². The number of aliphatic carboxylic acids is 1. The molecule has 0 atom stereocenters. The van der Waals surface area contributed by atoms with E-state index < -0.39 is 77.1 Å². The molecule has 0 aliphatic rings. The fourth-order valence-electron chi connectivity index (χ4n) is 2.00. The molecule has 0 fully saturated rings. The maximum absolute atomic E-state index is 13.5. The van der Waals surface area contributed by atoms with Gasteiger partial charge in [0.1, 0.15) is 0 Å². The van der Waals surface area contributed by atoms with Gasteiger partial charge in [-0.3, -0.25) is 0 Å². The third-order valence-corrected chi connectivity index (χ3v) is 4.11. The first kappa shape index (κ1) is 35.6. The van der Waals surface area contributed by atoms with E-state index in [4.69, 9.17) is 5.11 Å². The molecule has 0 aliphatic heterocycles. The molecule has 0 bridgehead atoms. The van der Waals surface area contributed by atoms with E-state index in [0.717, 1.165) is 0 Å². The molecule has 226 valence electrons. The third-order valence-electron chi connectivity index (χ3n) is 4.11. The van der Waals surface area contributed by atoms with Gasteiger partial charge in [-0.05, 0) is 0 Å². The Morgan fingerprint density at radius 3 is 0.868 bits per heavy atom. The highest BCUT2D eigenvalue weighted by Gasteiger charge is 2.97. The molecule has 0 aromatic rings. The second kappa shape index (κ2) is 8.81. The smallest absolute Gasteiger partial charge is 0.460 e. The minimum absolute atomic E-state index is 4.11. The summed E-state index contributed by atoms with van der Waals surface area (Å²) in [5.41, 5.74) is -4.62. The van der Waals surface area contributed by atoms with Gasteiger partial charge in [-0.15, -0.1) is 0 Å². The van der Waals surface area contributed by atoms with Crippen LogP contribution in [0.15, 0.2) is 11.4 Å². The number of allylic oxidation sites excluding steroid dienone is 1. The third kappa shape index (κ3) is 4.45.